The molecule has 0 saturated carbocycles. The lowest BCUT2D eigenvalue weighted by Crippen LogP contribution is -1.88. The van der Waals surface area contributed by atoms with Crippen molar-refractivity contribution in [2.24, 2.45) is 0 Å². The summed E-state index contributed by atoms with van der Waals surface area (Å²) < 4.78 is 0.849. The van der Waals surface area contributed by atoms with Crippen molar-refractivity contribution in [3.63, 3.8) is 0 Å². The maximum Gasteiger partial charge on any atom is 0.131 e. The van der Waals surface area contributed by atoms with Gasteiger partial charge in [0, 0.05) is 22.5 Å². The zero-order valence-corrected chi connectivity index (χ0v) is 8.95. The Labute approximate surface area is 89.5 Å². The van der Waals surface area contributed by atoms with Crippen molar-refractivity contribution in [2.75, 3.05) is 5.73 Å². The minimum Gasteiger partial charge on any atom is -0.507 e. The molecule has 0 saturated heterocycles. The standard InChI is InChI=1S/C10H8INO/c11-10-7-4-2-1-3-6(7)8(12)5-9(10)13/h1-5,13H,12H2. The summed E-state index contributed by atoms with van der Waals surface area (Å²) in [6, 6.07) is 9.36. The number of anilines is 1. The fourth-order valence-corrected chi connectivity index (χ4v) is 1.98. The van der Waals surface area contributed by atoms with Gasteiger partial charge in [-0.25, -0.2) is 0 Å². The van der Waals surface area contributed by atoms with Crippen LogP contribution < -0.4 is 5.73 Å². The number of fused-ring (bicyclic) bond motifs is 1. The van der Waals surface area contributed by atoms with Crippen molar-refractivity contribution in [3.8, 4) is 5.75 Å². The lowest BCUT2D eigenvalue weighted by molar-refractivity contribution is 0.473. The van der Waals surface area contributed by atoms with Crippen LogP contribution in [0.1, 0.15) is 0 Å². The van der Waals surface area contributed by atoms with E-state index >= 15 is 0 Å². The Morgan fingerprint density at radius 2 is 1.77 bits per heavy atom. The summed E-state index contributed by atoms with van der Waals surface area (Å²) in [5.41, 5.74) is 6.38. The molecule has 2 nitrogen and oxygen atoms in total. The maximum absolute atomic E-state index is 9.51. The molecule has 0 bridgehead atoms. The molecular weight excluding hydrogens is 277 g/mol. The van der Waals surface area contributed by atoms with Crippen molar-refractivity contribution < 1.29 is 5.11 Å². The van der Waals surface area contributed by atoms with Crippen LogP contribution in [-0.4, -0.2) is 5.11 Å². The summed E-state index contributed by atoms with van der Waals surface area (Å²) in [4.78, 5) is 0. The molecule has 3 heteroatoms. The highest BCUT2D eigenvalue weighted by atomic mass is 127. The Balaban J connectivity index is 2.97. The molecule has 0 amide bonds. The molecule has 0 atom stereocenters. The first-order chi connectivity index (χ1) is 6.20. The Morgan fingerprint density at radius 3 is 2.46 bits per heavy atom. The van der Waals surface area contributed by atoms with Gasteiger partial charge in [-0.05, 0) is 22.6 Å². The maximum atomic E-state index is 9.51. The molecule has 0 unspecified atom stereocenters. The first-order valence-corrected chi connectivity index (χ1v) is 4.93. The topological polar surface area (TPSA) is 46.2 Å². The first kappa shape index (κ1) is 8.62. The van der Waals surface area contributed by atoms with Gasteiger partial charge in [0.2, 0.25) is 0 Å². The number of rotatable bonds is 0. The third-order valence-electron chi connectivity index (χ3n) is 1.99. The molecule has 0 aliphatic carbocycles. The largest absolute Gasteiger partial charge is 0.507 e. The van der Waals surface area contributed by atoms with Gasteiger partial charge >= 0.3 is 0 Å². The van der Waals surface area contributed by atoms with Crippen LogP contribution in [0.5, 0.6) is 5.75 Å². The minimum absolute atomic E-state index is 0.247. The third kappa shape index (κ3) is 1.33. The summed E-state index contributed by atoms with van der Waals surface area (Å²) >= 11 is 2.11. The molecule has 0 heterocycles. The molecule has 2 aromatic rings. The SMILES string of the molecule is Nc1cc(O)c(I)c2ccccc12. The second kappa shape index (κ2) is 3.06. The number of hydrogen-bond acceptors (Lipinski definition) is 2. The van der Waals surface area contributed by atoms with E-state index in [1.165, 1.54) is 0 Å². The van der Waals surface area contributed by atoms with Gasteiger partial charge in [-0.15, -0.1) is 0 Å². The normalized spacial score (nSPS) is 10.5. The van der Waals surface area contributed by atoms with Gasteiger partial charge < -0.3 is 10.8 Å². The zero-order valence-electron chi connectivity index (χ0n) is 6.79. The fourth-order valence-electron chi connectivity index (χ4n) is 1.35. The lowest BCUT2D eigenvalue weighted by atomic mass is 10.1. The molecule has 66 valence electrons. The molecule has 0 radical (unpaired) electrons. The highest BCUT2D eigenvalue weighted by Gasteiger charge is 2.05. The average Bonchev–Trinajstić information content (AvgIpc) is 2.15. The van der Waals surface area contributed by atoms with Crippen molar-refractivity contribution in [3.05, 3.63) is 33.9 Å². The van der Waals surface area contributed by atoms with Gasteiger partial charge in [-0.3, -0.25) is 0 Å². The van der Waals surface area contributed by atoms with Gasteiger partial charge in [0.05, 0.1) is 3.57 Å². The predicted octanol–water partition coefficient (Wildman–Crippen LogP) is 2.73. The van der Waals surface area contributed by atoms with Gasteiger partial charge in [-0.1, -0.05) is 24.3 Å². The average molecular weight is 285 g/mol. The van der Waals surface area contributed by atoms with E-state index in [4.69, 9.17) is 5.73 Å². The molecule has 0 aliphatic rings. The van der Waals surface area contributed by atoms with Gasteiger partial charge in [0.1, 0.15) is 5.75 Å². The molecule has 2 aromatic carbocycles. The fraction of sp³-hybridized carbons (Fsp3) is 0. The summed E-state index contributed by atoms with van der Waals surface area (Å²) in [6.45, 7) is 0. The van der Waals surface area contributed by atoms with E-state index in [0.29, 0.717) is 5.69 Å². The number of phenolic OH excluding ortho intramolecular Hbond substituents is 1. The van der Waals surface area contributed by atoms with E-state index in [-0.39, 0.29) is 5.75 Å². The summed E-state index contributed by atoms with van der Waals surface area (Å²) in [7, 11) is 0. The van der Waals surface area contributed by atoms with Crippen LogP contribution in [0, 0.1) is 3.57 Å². The van der Waals surface area contributed by atoms with Crippen molar-refractivity contribution in [2.45, 2.75) is 0 Å². The Kier molecular flexibility index (Phi) is 2.03. The van der Waals surface area contributed by atoms with E-state index in [2.05, 4.69) is 22.6 Å². The quantitative estimate of drug-likeness (QED) is 0.577. The second-order valence-electron chi connectivity index (χ2n) is 2.84. The highest BCUT2D eigenvalue weighted by molar-refractivity contribution is 14.1. The van der Waals surface area contributed by atoms with Crippen LogP contribution in [0.3, 0.4) is 0 Å². The molecule has 13 heavy (non-hydrogen) atoms. The molecule has 2 rings (SSSR count). The molecule has 0 aliphatic heterocycles. The summed E-state index contributed by atoms with van der Waals surface area (Å²) in [5, 5.41) is 11.5. The number of nitrogen functional groups attached to an aromatic ring is 1. The van der Waals surface area contributed by atoms with E-state index in [9.17, 15) is 5.11 Å². The van der Waals surface area contributed by atoms with Crippen LogP contribution in [-0.2, 0) is 0 Å². The Hall–Kier alpha value is -0.970. The zero-order chi connectivity index (χ0) is 9.42. The van der Waals surface area contributed by atoms with Gasteiger partial charge in [0.25, 0.3) is 0 Å². The third-order valence-corrected chi connectivity index (χ3v) is 3.13. The van der Waals surface area contributed by atoms with Gasteiger partial charge in [-0.2, -0.15) is 0 Å². The number of nitrogens with two attached hydrogens (primary N) is 1. The molecule has 0 fully saturated rings. The van der Waals surface area contributed by atoms with Crippen molar-refractivity contribution in [1.82, 2.24) is 0 Å². The molecular formula is C10H8INO. The van der Waals surface area contributed by atoms with Crippen LogP contribution in [0.25, 0.3) is 10.8 Å². The Morgan fingerprint density at radius 1 is 1.15 bits per heavy atom. The van der Waals surface area contributed by atoms with Crippen LogP contribution in [0.15, 0.2) is 30.3 Å². The van der Waals surface area contributed by atoms with Crippen molar-refractivity contribution >= 4 is 39.1 Å². The van der Waals surface area contributed by atoms with Gasteiger partial charge in [0.15, 0.2) is 0 Å². The van der Waals surface area contributed by atoms with Crippen molar-refractivity contribution in [1.29, 1.82) is 0 Å². The number of phenols is 1. The van der Waals surface area contributed by atoms with Crippen LogP contribution in [0.4, 0.5) is 5.69 Å². The minimum atomic E-state index is 0.247. The molecule has 3 N–H and O–H groups in total. The summed E-state index contributed by atoms with van der Waals surface area (Å²) in [5.74, 6) is 0.247. The number of benzene rings is 2. The number of halogens is 1. The second-order valence-corrected chi connectivity index (χ2v) is 3.92. The molecule has 0 spiro atoms. The first-order valence-electron chi connectivity index (χ1n) is 3.86. The highest BCUT2D eigenvalue weighted by Crippen LogP contribution is 2.32. The predicted molar refractivity (Wildman–Crippen MR) is 62.7 cm³/mol. The van der Waals surface area contributed by atoms with E-state index in [1.54, 1.807) is 6.07 Å². The number of aromatic hydroxyl groups is 1. The lowest BCUT2D eigenvalue weighted by Gasteiger charge is -2.05. The monoisotopic (exact) mass is 285 g/mol. The number of hydrogen-bond donors (Lipinski definition) is 2. The smallest absolute Gasteiger partial charge is 0.131 e. The van der Waals surface area contributed by atoms with E-state index in [0.717, 1.165) is 14.3 Å². The molecule has 0 aromatic heterocycles. The summed E-state index contributed by atoms with van der Waals surface area (Å²) in [6.07, 6.45) is 0. The Bertz CT molecular complexity index is 468. The van der Waals surface area contributed by atoms with Crippen LogP contribution >= 0.6 is 22.6 Å². The van der Waals surface area contributed by atoms with Crippen LogP contribution in [0.2, 0.25) is 0 Å². The van der Waals surface area contributed by atoms with E-state index in [1.807, 2.05) is 24.3 Å². The van der Waals surface area contributed by atoms with E-state index < -0.39 is 0 Å².